The molecule has 35 heavy (non-hydrogen) atoms. The number of benzene rings is 1. The molecular weight excluding hydrogens is 459 g/mol. The van der Waals surface area contributed by atoms with Gasteiger partial charge in [0.15, 0.2) is 0 Å². The first-order valence-corrected chi connectivity index (χ1v) is 12.7. The second-order valence-electron chi connectivity index (χ2n) is 10.3. The molecule has 4 aliphatic rings. The van der Waals surface area contributed by atoms with Crippen molar-refractivity contribution in [2.75, 3.05) is 0 Å². The van der Waals surface area contributed by atoms with Crippen molar-refractivity contribution in [2.24, 2.45) is 0 Å². The minimum atomic E-state index is -2.38. The van der Waals surface area contributed by atoms with E-state index < -0.39 is 23.7 Å². The molecule has 192 valence electrons. The van der Waals surface area contributed by atoms with Crippen LogP contribution in [0.15, 0.2) is 12.1 Å². The Bertz CT molecular complexity index is 968. The van der Waals surface area contributed by atoms with Crippen LogP contribution in [-0.4, -0.2) is 46.7 Å². The van der Waals surface area contributed by atoms with Crippen molar-refractivity contribution < 1.29 is 27.6 Å². The third-order valence-corrected chi connectivity index (χ3v) is 7.64. The minimum absolute atomic E-state index is 0.0773. The van der Waals surface area contributed by atoms with Crippen molar-refractivity contribution in [1.82, 2.24) is 15.5 Å². The lowest BCUT2D eigenvalue weighted by Crippen LogP contribution is -2.52. The number of nitrogens with zero attached hydrogens (tertiary/aromatic N) is 1. The van der Waals surface area contributed by atoms with E-state index in [4.69, 9.17) is 0 Å². The van der Waals surface area contributed by atoms with E-state index in [0.717, 1.165) is 0 Å². The molecule has 0 spiro atoms. The Morgan fingerprint density at radius 2 is 1.63 bits per heavy atom. The standard InChI is InChI=1S/C14H13FN2O3.C12H21F2N/c1-7-2-3-8-9(12(7)15)6-17(14(8)20)10-4-5-11(18)16-13(10)19;13-12(14)8-6-11(7-9-12)15-10-4-2-1-3-5-10/h2-3,10H,4-6H2,1H3,(H,16,18,19);10-11,15H,1-9H2. The van der Waals surface area contributed by atoms with Gasteiger partial charge in [0.2, 0.25) is 17.7 Å². The maximum atomic E-state index is 14.0. The lowest BCUT2D eigenvalue weighted by Gasteiger charge is -2.33. The number of piperidine rings is 1. The molecular formula is C26H34F3N3O3. The number of carbonyl (C=O) groups is 3. The smallest absolute Gasteiger partial charge is 0.255 e. The molecule has 3 fully saturated rings. The number of fused-ring (bicyclic) bond motifs is 1. The summed E-state index contributed by atoms with van der Waals surface area (Å²) >= 11 is 0. The van der Waals surface area contributed by atoms with Crippen molar-refractivity contribution in [1.29, 1.82) is 0 Å². The molecule has 0 bridgehead atoms. The zero-order valence-electron chi connectivity index (χ0n) is 20.2. The number of halogens is 3. The van der Waals surface area contributed by atoms with Crippen LogP contribution in [0.3, 0.4) is 0 Å². The van der Waals surface area contributed by atoms with Crippen molar-refractivity contribution in [2.45, 2.75) is 108 Å². The number of alkyl halides is 2. The fourth-order valence-corrected chi connectivity index (χ4v) is 5.53. The highest BCUT2D eigenvalue weighted by atomic mass is 19.3. The molecule has 2 heterocycles. The van der Waals surface area contributed by atoms with Gasteiger partial charge in [-0.25, -0.2) is 13.2 Å². The second kappa shape index (κ2) is 10.7. The Morgan fingerprint density at radius 1 is 0.971 bits per heavy atom. The first-order chi connectivity index (χ1) is 16.6. The van der Waals surface area contributed by atoms with Crippen LogP contribution >= 0.6 is 0 Å². The molecule has 2 aliphatic heterocycles. The number of hydrogen-bond donors (Lipinski definition) is 2. The zero-order chi connectivity index (χ0) is 25.2. The van der Waals surface area contributed by atoms with E-state index in [-0.39, 0.29) is 44.0 Å². The molecule has 9 heteroatoms. The summed E-state index contributed by atoms with van der Waals surface area (Å²) in [6.45, 7) is 1.71. The highest BCUT2D eigenvalue weighted by Crippen LogP contribution is 2.34. The molecule has 5 rings (SSSR count). The maximum absolute atomic E-state index is 14.0. The first-order valence-electron chi connectivity index (χ1n) is 12.7. The quantitative estimate of drug-likeness (QED) is 0.613. The molecule has 1 unspecified atom stereocenters. The third-order valence-electron chi connectivity index (χ3n) is 7.64. The van der Waals surface area contributed by atoms with Crippen molar-refractivity contribution in [3.8, 4) is 0 Å². The number of carbonyl (C=O) groups excluding carboxylic acids is 3. The number of amides is 3. The van der Waals surface area contributed by atoms with E-state index in [1.165, 1.54) is 37.0 Å². The number of rotatable bonds is 3. The van der Waals surface area contributed by atoms with Crippen LogP contribution in [0, 0.1) is 12.7 Å². The van der Waals surface area contributed by atoms with Crippen LogP contribution in [0.4, 0.5) is 13.2 Å². The third kappa shape index (κ3) is 6.05. The Balaban J connectivity index is 0.000000172. The van der Waals surface area contributed by atoms with Gasteiger partial charge in [0.25, 0.3) is 5.91 Å². The summed E-state index contributed by atoms with van der Waals surface area (Å²) in [6, 6.07) is 3.40. The summed E-state index contributed by atoms with van der Waals surface area (Å²) < 4.78 is 39.9. The summed E-state index contributed by atoms with van der Waals surface area (Å²) in [7, 11) is 0. The topological polar surface area (TPSA) is 78.5 Å². The lowest BCUT2D eigenvalue weighted by atomic mass is 9.89. The summed E-state index contributed by atoms with van der Waals surface area (Å²) in [5.41, 5.74) is 1.11. The van der Waals surface area contributed by atoms with E-state index >= 15 is 0 Å². The predicted octanol–water partition coefficient (Wildman–Crippen LogP) is 4.38. The Hall–Kier alpha value is -2.42. The van der Waals surface area contributed by atoms with E-state index in [1.807, 2.05) is 0 Å². The van der Waals surface area contributed by atoms with Gasteiger partial charge in [-0.05, 0) is 50.7 Å². The highest BCUT2D eigenvalue weighted by molar-refractivity contribution is 6.05. The van der Waals surface area contributed by atoms with Gasteiger partial charge in [-0.1, -0.05) is 25.3 Å². The summed E-state index contributed by atoms with van der Waals surface area (Å²) in [6.07, 6.45) is 8.40. The fourth-order valence-electron chi connectivity index (χ4n) is 5.53. The molecule has 1 aromatic rings. The molecule has 2 N–H and O–H groups in total. The largest absolute Gasteiger partial charge is 0.322 e. The molecule has 0 radical (unpaired) electrons. The molecule has 1 saturated heterocycles. The predicted molar refractivity (Wildman–Crippen MR) is 124 cm³/mol. The van der Waals surface area contributed by atoms with Gasteiger partial charge in [-0.15, -0.1) is 0 Å². The molecule has 2 saturated carbocycles. The molecule has 1 atom stereocenters. The number of aryl methyl sites for hydroxylation is 1. The first kappa shape index (κ1) is 25.7. The van der Waals surface area contributed by atoms with Crippen molar-refractivity contribution >= 4 is 17.7 Å². The van der Waals surface area contributed by atoms with E-state index in [1.54, 1.807) is 19.1 Å². The normalized spacial score (nSPS) is 25.1. The SMILES string of the molecule is Cc1ccc2c(c1F)CN(C1CCC(=O)NC1=O)C2=O.FC1(F)CCC(NC2CCCCC2)CC1. The Morgan fingerprint density at radius 3 is 2.29 bits per heavy atom. The van der Waals surface area contributed by atoms with Gasteiger partial charge < -0.3 is 10.2 Å². The number of nitrogens with one attached hydrogen (secondary N) is 2. The number of hydrogen-bond acceptors (Lipinski definition) is 4. The van der Waals surface area contributed by atoms with Gasteiger partial charge >= 0.3 is 0 Å². The molecule has 1 aromatic carbocycles. The lowest BCUT2D eigenvalue weighted by molar-refractivity contribution is -0.136. The minimum Gasteiger partial charge on any atom is -0.322 e. The summed E-state index contributed by atoms with van der Waals surface area (Å²) in [5.74, 6) is -3.96. The van der Waals surface area contributed by atoms with Gasteiger partial charge in [0.05, 0.1) is 6.54 Å². The molecule has 0 aromatic heterocycles. The van der Waals surface area contributed by atoms with Gasteiger partial charge in [-0.2, -0.15) is 0 Å². The van der Waals surface area contributed by atoms with Gasteiger partial charge in [0, 0.05) is 42.5 Å². The van der Waals surface area contributed by atoms with E-state index in [0.29, 0.717) is 41.6 Å². The summed E-state index contributed by atoms with van der Waals surface area (Å²) in [5, 5.41) is 5.78. The monoisotopic (exact) mass is 493 g/mol. The second-order valence-corrected chi connectivity index (χ2v) is 10.3. The molecule has 2 aliphatic carbocycles. The average molecular weight is 494 g/mol. The fraction of sp³-hybridized carbons (Fsp3) is 0.654. The maximum Gasteiger partial charge on any atom is 0.255 e. The van der Waals surface area contributed by atoms with E-state index in [9.17, 15) is 27.6 Å². The number of imide groups is 1. The average Bonchev–Trinajstić information content (AvgIpc) is 3.16. The van der Waals surface area contributed by atoms with Crippen LogP contribution in [0.1, 0.15) is 92.1 Å². The van der Waals surface area contributed by atoms with Gasteiger partial charge in [-0.3, -0.25) is 19.7 Å². The van der Waals surface area contributed by atoms with Crippen LogP contribution in [-0.2, 0) is 16.1 Å². The zero-order valence-corrected chi connectivity index (χ0v) is 20.2. The van der Waals surface area contributed by atoms with Crippen molar-refractivity contribution in [3.05, 3.63) is 34.6 Å². The van der Waals surface area contributed by atoms with Crippen molar-refractivity contribution in [3.63, 3.8) is 0 Å². The molecule has 3 amide bonds. The van der Waals surface area contributed by atoms with Crippen LogP contribution in [0.25, 0.3) is 0 Å². The van der Waals surface area contributed by atoms with Gasteiger partial charge in [0.1, 0.15) is 11.9 Å². The Kier molecular flexibility index (Phi) is 7.83. The van der Waals surface area contributed by atoms with Crippen LogP contribution in [0.5, 0.6) is 0 Å². The van der Waals surface area contributed by atoms with E-state index in [2.05, 4.69) is 10.6 Å². The molecule has 6 nitrogen and oxygen atoms in total. The Labute approximate surface area is 204 Å². The summed E-state index contributed by atoms with van der Waals surface area (Å²) in [4.78, 5) is 36.6. The van der Waals surface area contributed by atoms with Crippen LogP contribution in [0.2, 0.25) is 0 Å². The highest BCUT2D eigenvalue weighted by Gasteiger charge is 2.40. The van der Waals surface area contributed by atoms with Crippen LogP contribution < -0.4 is 10.6 Å².